The third kappa shape index (κ3) is 4.73. The van der Waals surface area contributed by atoms with Crippen molar-refractivity contribution in [2.45, 2.75) is 18.9 Å². The predicted molar refractivity (Wildman–Crippen MR) is 94.6 cm³/mol. The van der Waals surface area contributed by atoms with Crippen LogP contribution in [-0.2, 0) is 4.79 Å². The average molecular weight is 336 g/mol. The molecule has 1 fully saturated rings. The van der Waals surface area contributed by atoms with Crippen molar-refractivity contribution in [3.05, 3.63) is 66.3 Å². The standard InChI is InChI=1S/C19H20N4O2/c24-18(6-5-15-3-1-9-20-13-15)23-11-7-17(8-12-23)22-19(25)16-4-2-10-21-14-16/h1-6,9-10,13-14,17H,7-8,11-12H2,(H,22,25)/b6-5-. The lowest BCUT2D eigenvalue weighted by molar-refractivity contribution is -0.126. The van der Waals surface area contributed by atoms with E-state index < -0.39 is 0 Å². The van der Waals surface area contributed by atoms with Crippen molar-refractivity contribution in [1.82, 2.24) is 20.2 Å². The summed E-state index contributed by atoms with van der Waals surface area (Å²) in [6, 6.07) is 7.30. The van der Waals surface area contributed by atoms with Crippen molar-refractivity contribution in [2.24, 2.45) is 0 Å². The number of pyridine rings is 2. The van der Waals surface area contributed by atoms with Crippen LogP contribution in [0.5, 0.6) is 0 Å². The lowest BCUT2D eigenvalue weighted by atomic mass is 10.0. The molecular weight excluding hydrogens is 316 g/mol. The van der Waals surface area contributed by atoms with Crippen LogP contribution in [0.15, 0.2) is 55.1 Å². The Labute approximate surface area is 146 Å². The van der Waals surface area contributed by atoms with Gasteiger partial charge in [0.25, 0.3) is 5.91 Å². The number of piperidine rings is 1. The van der Waals surface area contributed by atoms with Gasteiger partial charge in [0, 0.05) is 50.0 Å². The monoisotopic (exact) mass is 336 g/mol. The normalized spacial score (nSPS) is 15.3. The number of nitrogens with zero attached hydrogens (tertiary/aromatic N) is 3. The van der Waals surface area contributed by atoms with Gasteiger partial charge in [-0.25, -0.2) is 0 Å². The molecule has 2 aromatic rings. The van der Waals surface area contributed by atoms with E-state index in [0.29, 0.717) is 18.7 Å². The molecule has 6 heteroatoms. The third-order valence-electron chi connectivity index (χ3n) is 4.17. The summed E-state index contributed by atoms with van der Waals surface area (Å²) < 4.78 is 0. The van der Waals surface area contributed by atoms with Crippen LogP contribution in [-0.4, -0.2) is 45.8 Å². The second-order valence-electron chi connectivity index (χ2n) is 5.93. The van der Waals surface area contributed by atoms with Crippen molar-refractivity contribution >= 4 is 17.9 Å². The summed E-state index contributed by atoms with van der Waals surface area (Å²) in [7, 11) is 0. The number of carbonyl (C=O) groups is 2. The number of hydrogen-bond donors (Lipinski definition) is 1. The molecule has 3 heterocycles. The van der Waals surface area contributed by atoms with E-state index in [1.54, 1.807) is 54.0 Å². The molecule has 0 spiro atoms. The molecule has 1 N–H and O–H groups in total. The number of likely N-dealkylation sites (tertiary alicyclic amines) is 1. The Morgan fingerprint density at radius 1 is 1.08 bits per heavy atom. The maximum absolute atomic E-state index is 12.2. The minimum atomic E-state index is -0.116. The van der Waals surface area contributed by atoms with E-state index >= 15 is 0 Å². The first-order valence-corrected chi connectivity index (χ1v) is 8.30. The summed E-state index contributed by atoms with van der Waals surface area (Å²) in [6.45, 7) is 1.27. The summed E-state index contributed by atoms with van der Waals surface area (Å²) in [5.74, 6) is -0.129. The van der Waals surface area contributed by atoms with Gasteiger partial charge in [-0.05, 0) is 42.7 Å². The molecule has 1 saturated heterocycles. The molecule has 6 nitrogen and oxygen atoms in total. The smallest absolute Gasteiger partial charge is 0.253 e. The Morgan fingerprint density at radius 2 is 1.80 bits per heavy atom. The molecule has 0 unspecified atom stereocenters. The zero-order chi connectivity index (χ0) is 17.5. The van der Waals surface area contributed by atoms with Crippen molar-refractivity contribution < 1.29 is 9.59 Å². The first-order valence-electron chi connectivity index (χ1n) is 8.30. The zero-order valence-corrected chi connectivity index (χ0v) is 13.8. The van der Waals surface area contributed by atoms with E-state index in [0.717, 1.165) is 18.4 Å². The lowest BCUT2D eigenvalue weighted by Crippen LogP contribution is -2.46. The second kappa shape index (κ2) is 8.19. The number of rotatable bonds is 4. The molecule has 1 aliphatic rings. The summed E-state index contributed by atoms with van der Waals surface area (Å²) >= 11 is 0. The Bertz CT molecular complexity index is 739. The van der Waals surface area contributed by atoms with Gasteiger partial charge in [-0.15, -0.1) is 0 Å². The first-order chi connectivity index (χ1) is 12.2. The van der Waals surface area contributed by atoms with Crippen molar-refractivity contribution in [1.29, 1.82) is 0 Å². The van der Waals surface area contributed by atoms with Gasteiger partial charge in [0.2, 0.25) is 5.91 Å². The Balaban J connectivity index is 1.47. The molecule has 128 valence electrons. The topological polar surface area (TPSA) is 75.2 Å². The van der Waals surface area contributed by atoms with Gasteiger partial charge in [-0.2, -0.15) is 0 Å². The molecule has 0 bridgehead atoms. The molecule has 2 aromatic heterocycles. The molecule has 0 saturated carbocycles. The minimum absolute atomic E-state index is 0.0131. The van der Waals surface area contributed by atoms with Gasteiger partial charge in [0.15, 0.2) is 0 Å². The fourth-order valence-electron chi connectivity index (χ4n) is 2.76. The zero-order valence-electron chi connectivity index (χ0n) is 13.8. The third-order valence-corrected chi connectivity index (χ3v) is 4.17. The van der Waals surface area contributed by atoms with Gasteiger partial charge in [-0.1, -0.05) is 6.07 Å². The molecule has 0 aromatic carbocycles. The number of hydrogen-bond acceptors (Lipinski definition) is 4. The van der Waals surface area contributed by atoms with Crippen molar-refractivity contribution in [3.63, 3.8) is 0 Å². The molecule has 2 amide bonds. The molecule has 3 rings (SSSR count). The quantitative estimate of drug-likeness (QED) is 0.866. The van der Waals surface area contributed by atoms with Crippen LogP contribution in [0.1, 0.15) is 28.8 Å². The van der Waals surface area contributed by atoms with Gasteiger partial charge >= 0.3 is 0 Å². The van der Waals surface area contributed by atoms with Crippen molar-refractivity contribution in [3.8, 4) is 0 Å². The average Bonchev–Trinajstić information content (AvgIpc) is 2.68. The second-order valence-corrected chi connectivity index (χ2v) is 5.93. The highest BCUT2D eigenvalue weighted by Gasteiger charge is 2.23. The highest BCUT2D eigenvalue weighted by molar-refractivity contribution is 5.94. The maximum atomic E-state index is 12.2. The highest BCUT2D eigenvalue weighted by atomic mass is 16.2. The van der Waals surface area contributed by atoms with Gasteiger partial charge in [-0.3, -0.25) is 19.6 Å². The summed E-state index contributed by atoms with van der Waals surface area (Å²) in [6.07, 6.45) is 11.4. The fourth-order valence-corrected chi connectivity index (χ4v) is 2.76. The van der Waals surface area contributed by atoms with Crippen LogP contribution < -0.4 is 5.32 Å². The molecule has 1 aliphatic heterocycles. The number of carbonyl (C=O) groups excluding carboxylic acids is 2. The van der Waals surface area contributed by atoms with E-state index in [9.17, 15) is 9.59 Å². The summed E-state index contributed by atoms with van der Waals surface area (Å²) in [4.78, 5) is 34.2. The maximum Gasteiger partial charge on any atom is 0.253 e. The SMILES string of the molecule is O=C(NC1CCN(C(=O)/C=C\c2cccnc2)CC1)c1cccnc1. The van der Waals surface area contributed by atoms with Crippen LogP contribution >= 0.6 is 0 Å². The molecule has 0 aliphatic carbocycles. The lowest BCUT2D eigenvalue weighted by Gasteiger charge is -2.31. The molecule has 0 atom stereocenters. The number of aromatic nitrogens is 2. The largest absolute Gasteiger partial charge is 0.349 e. The van der Waals surface area contributed by atoms with E-state index in [2.05, 4.69) is 15.3 Å². The Morgan fingerprint density at radius 3 is 2.44 bits per heavy atom. The molecule has 25 heavy (non-hydrogen) atoms. The number of amides is 2. The minimum Gasteiger partial charge on any atom is -0.349 e. The molecule has 0 radical (unpaired) electrons. The van der Waals surface area contributed by atoms with E-state index in [1.165, 1.54) is 0 Å². The van der Waals surface area contributed by atoms with E-state index in [4.69, 9.17) is 0 Å². The predicted octanol–water partition coefficient (Wildman–Crippen LogP) is 1.91. The Kier molecular flexibility index (Phi) is 5.51. The van der Waals surface area contributed by atoms with Crippen LogP contribution in [0.4, 0.5) is 0 Å². The first kappa shape index (κ1) is 16.8. The van der Waals surface area contributed by atoms with E-state index in [-0.39, 0.29) is 17.9 Å². The summed E-state index contributed by atoms with van der Waals surface area (Å²) in [5.41, 5.74) is 1.45. The van der Waals surface area contributed by atoms with Crippen LogP contribution in [0.25, 0.3) is 6.08 Å². The fraction of sp³-hybridized carbons (Fsp3) is 0.263. The van der Waals surface area contributed by atoms with Crippen LogP contribution in [0.3, 0.4) is 0 Å². The highest BCUT2D eigenvalue weighted by Crippen LogP contribution is 2.12. The van der Waals surface area contributed by atoms with Gasteiger partial charge < -0.3 is 10.2 Å². The van der Waals surface area contributed by atoms with Crippen molar-refractivity contribution in [2.75, 3.05) is 13.1 Å². The Hall–Kier alpha value is -3.02. The molecular formula is C19H20N4O2. The van der Waals surface area contributed by atoms with Gasteiger partial charge in [0.1, 0.15) is 0 Å². The van der Waals surface area contributed by atoms with Crippen LogP contribution in [0.2, 0.25) is 0 Å². The van der Waals surface area contributed by atoms with Gasteiger partial charge in [0.05, 0.1) is 5.56 Å². The van der Waals surface area contributed by atoms with Crippen LogP contribution in [0, 0.1) is 0 Å². The van der Waals surface area contributed by atoms with E-state index in [1.807, 2.05) is 12.1 Å². The summed E-state index contributed by atoms with van der Waals surface area (Å²) in [5, 5.41) is 3.01. The number of nitrogens with one attached hydrogen (secondary N) is 1.